The maximum atomic E-state index is 12.6. The molecule has 3 aromatic rings. The molecule has 0 amide bonds. The Labute approximate surface area is 218 Å². The molecule has 1 aromatic heterocycles. The summed E-state index contributed by atoms with van der Waals surface area (Å²) in [6.07, 6.45) is 8.10. The number of nitrogens with zero attached hydrogens (tertiary/aromatic N) is 2. The van der Waals surface area contributed by atoms with Crippen LogP contribution >= 0.6 is 33.9 Å². The number of sulfonamides is 1. The summed E-state index contributed by atoms with van der Waals surface area (Å²) in [4.78, 5) is 7.89. The molecule has 180 valence electrons. The zero-order valence-electron chi connectivity index (χ0n) is 18.6. The Kier molecular flexibility index (Phi) is 8.59. The Morgan fingerprint density at radius 1 is 1.12 bits per heavy atom. The van der Waals surface area contributed by atoms with Gasteiger partial charge in [0, 0.05) is 34.3 Å². The van der Waals surface area contributed by atoms with Crippen LogP contribution in [0, 0.1) is 0 Å². The zero-order chi connectivity index (χ0) is 24.0. The van der Waals surface area contributed by atoms with E-state index >= 15 is 0 Å². The number of phenolic OH excluding ortho intramolecular Hbond substituents is 1. The van der Waals surface area contributed by atoms with Gasteiger partial charge in [-0.1, -0.05) is 46.1 Å². The number of hydrogen-bond donors (Lipinski definition) is 3. The molecule has 3 N–H and O–H groups in total. The number of anilines is 2. The molecule has 7 nitrogen and oxygen atoms in total. The first-order valence-corrected chi connectivity index (χ1v) is 14.9. The van der Waals surface area contributed by atoms with E-state index < -0.39 is 10.0 Å². The van der Waals surface area contributed by atoms with Crippen LogP contribution in [0.15, 0.2) is 53.6 Å². The van der Waals surface area contributed by atoms with Gasteiger partial charge in [-0.3, -0.25) is 0 Å². The Morgan fingerprint density at radius 2 is 1.88 bits per heavy atom. The molecule has 0 atom stereocenters. The lowest BCUT2D eigenvalue weighted by atomic mass is 10.1. The zero-order valence-corrected chi connectivity index (χ0v) is 22.4. The molecule has 0 spiro atoms. The monoisotopic (exact) mass is 610 g/mol. The molecule has 0 radical (unpaired) electrons. The molecular formula is C24H27IN4O3S2. The van der Waals surface area contributed by atoms with E-state index in [-0.39, 0.29) is 10.6 Å². The van der Waals surface area contributed by atoms with E-state index in [0.717, 1.165) is 45.8 Å². The second kappa shape index (κ2) is 11.6. The number of hydrogen-bond acceptors (Lipinski definition) is 7. The number of halogens is 1. The second-order valence-corrected chi connectivity index (χ2v) is 11.6. The number of rotatable bonds is 10. The fourth-order valence-corrected chi connectivity index (χ4v) is 6.18. The summed E-state index contributed by atoms with van der Waals surface area (Å²) in [5.41, 5.74) is 2.89. The molecule has 4 rings (SSSR count). The molecule has 2 heterocycles. The van der Waals surface area contributed by atoms with E-state index in [0.29, 0.717) is 11.7 Å². The second-order valence-electron chi connectivity index (χ2n) is 8.01. The molecule has 1 saturated heterocycles. The molecule has 0 aliphatic carbocycles. The third-order valence-corrected chi connectivity index (χ3v) is 8.74. The first kappa shape index (κ1) is 25.1. The number of aromatic hydroxyl groups is 1. The number of alkyl halides is 1. The Hall–Kier alpha value is -1.99. The van der Waals surface area contributed by atoms with Gasteiger partial charge in [0.25, 0.3) is 0 Å². The first-order valence-electron chi connectivity index (χ1n) is 11.0. The molecule has 2 aromatic carbocycles. The van der Waals surface area contributed by atoms with Crippen molar-refractivity contribution in [3.05, 3.63) is 64.7 Å². The van der Waals surface area contributed by atoms with Gasteiger partial charge in [0.15, 0.2) is 5.13 Å². The number of likely N-dealkylation sites (tertiary alicyclic amines) is 1. The fraction of sp³-hybridized carbons (Fsp3) is 0.292. The van der Waals surface area contributed by atoms with E-state index in [1.807, 2.05) is 18.2 Å². The van der Waals surface area contributed by atoms with Crippen molar-refractivity contribution < 1.29 is 13.5 Å². The van der Waals surface area contributed by atoms with E-state index in [1.54, 1.807) is 42.6 Å². The summed E-state index contributed by atoms with van der Waals surface area (Å²) in [6, 6.07) is 12.1. The lowest BCUT2D eigenvalue weighted by molar-refractivity contribution is 0.344. The highest BCUT2D eigenvalue weighted by Gasteiger charge is 2.16. The van der Waals surface area contributed by atoms with Crippen LogP contribution in [0.5, 0.6) is 5.75 Å². The standard InChI is InChI=1S/C24H27IN4O3S2/c25-16-19-3-7-21(30)15-18(19)4-8-22-17-26-24(33-22)28-20-5-9-23(10-6-20)34(31,32)27-11-14-29-12-1-2-13-29/h3-10,15,17,27,30H,1-2,11-14,16H2,(H,26,28). The van der Waals surface area contributed by atoms with Crippen molar-refractivity contribution in [2.45, 2.75) is 22.2 Å². The van der Waals surface area contributed by atoms with Gasteiger partial charge in [0.1, 0.15) is 5.75 Å². The van der Waals surface area contributed by atoms with Crippen LogP contribution in [0.4, 0.5) is 10.8 Å². The first-order chi connectivity index (χ1) is 16.4. The van der Waals surface area contributed by atoms with Gasteiger partial charge in [0.05, 0.1) is 4.90 Å². The maximum Gasteiger partial charge on any atom is 0.240 e. The molecule has 1 fully saturated rings. The lowest BCUT2D eigenvalue weighted by Gasteiger charge is -2.15. The normalized spacial score (nSPS) is 14.7. The largest absolute Gasteiger partial charge is 0.508 e. The summed E-state index contributed by atoms with van der Waals surface area (Å²) < 4.78 is 28.6. The van der Waals surface area contributed by atoms with Crippen molar-refractivity contribution in [1.82, 2.24) is 14.6 Å². The van der Waals surface area contributed by atoms with E-state index in [2.05, 4.69) is 42.5 Å². The summed E-state index contributed by atoms with van der Waals surface area (Å²) in [7, 11) is -3.53. The Balaban J connectivity index is 1.34. The Bertz CT molecular complexity index is 1240. The van der Waals surface area contributed by atoms with Crippen molar-refractivity contribution in [3.8, 4) is 5.75 Å². The van der Waals surface area contributed by atoms with Crippen molar-refractivity contribution in [2.24, 2.45) is 0 Å². The summed E-state index contributed by atoms with van der Waals surface area (Å²) >= 11 is 3.79. The molecule has 1 aliphatic heterocycles. The van der Waals surface area contributed by atoms with Crippen LogP contribution in [0.3, 0.4) is 0 Å². The van der Waals surface area contributed by atoms with Crippen molar-refractivity contribution >= 4 is 66.9 Å². The quantitative estimate of drug-likeness (QED) is 0.219. The summed E-state index contributed by atoms with van der Waals surface area (Å²) in [6.45, 7) is 3.25. The van der Waals surface area contributed by atoms with Crippen molar-refractivity contribution in [3.63, 3.8) is 0 Å². The number of thiazole rings is 1. The SMILES string of the molecule is O=S(=O)(NCCN1CCCC1)c1ccc(Nc2ncc(C=Cc3cc(O)ccc3CI)s2)cc1. The lowest BCUT2D eigenvalue weighted by Crippen LogP contribution is -2.33. The average Bonchev–Trinajstić information content (AvgIpc) is 3.50. The molecule has 10 heteroatoms. The highest BCUT2D eigenvalue weighted by atomic mass is 127. The minimum Gasteiger partial charge on any atom is -0.508 e. The van der Waals surface area contributed by atoms with Crippen LogP contribution in [0.25, 0.3) is 12.2 Å². The summed E-state index contributed by atoms with van der Waals surface area (Å²) in [5.74, 6) is 0.243. The predicted molar refractivity (Wildman–Crippen MR) is 147 cm³/mol. The third kappa shape index (κ3) is 6.79. The Morgan fingerprint density at radius 3 is 2.62 bits per heavy atom. The molecule has 1 aliphatic rings. The van der Waals surface area contributed by atoms with Crippen LogP contribution in [0.1, 0.15) is 28.8 Å². The summed E-state index contributed by atoms with van der Waals surface area (Å²) in [5, 5.41) is 13.7. The third-order valence-electron chi connectivity index (χ3n) is 5.56. The van der Waals surface area contributed by atoms with Gasteiger partial charge in [0.2, 0.25) is 10.0 Å². The fourth-order valence-electron chi connectivity index (χ4n) is 3.72. The van der Waals surface area contributed by atoms with Gasteiger partial charge in [-0.15, -0.1) is 0 Å². The highest BCUT2D eigenvalue weighted by molar-refractivity contribution is 14.1. The molecular weight excluding hydrogens is 583 g/mol. The molecule has 0 bridgehead atoms. The molecule has 0 unspecified atom stereocenters. The highest BCUT2D eigenvalue weighted by Crippen LogP contribution is 2.26. The minimum absolute atomic E-state index is 0.243. The van der Waals surface area contributed by atoms with E-state index in [9.17, 15) is 13.5 Å². The number of benzene rings is 2. The number of aromatic nitrogens is 1. The maximum absolute atomic E-state index is 12.6. The van der Waals surface area contributed by atoms with Gasteiger partial charge in [-0.2, -0.15) is 0 Å². The van der Waals surface area contributed by atoms with Gasteiger partial charge < -0.3 is 15.3 Å². The topological polar surface area (TPSA) is 94.6 Å². The predicted octanol–water partition coefficient (Wildman–Crippen LogP) is 5.07. The van der Waals surface area contributed by atoms with Crippen LogP contribution in [0.2, 0.25) is 0 Å². The van der Waals surface area contributed by atoms with Gasteiger partial charge >= 0.3 is 0 Å². The van der Waals surface area contributed by atoms with Crippen LogP contribution < -0.4 is 10.0 Å². The van der Waals surface area contributed by atoms with E-state index in [1.165, 1.54) is 24.2 Å². The van der Waals surface area contributed by atoms with Gasteiger partial charge in [-0.25, -0.2) is 18.1 Å². The van der Waals surface area contributed by atoms with Crippen LogP contribution in [-0.4, -0.2) is 49.6 Å². The number of nitrogens with one attached hydrogen (secondary N) is 2. The number of phenols is 1. The minimum atomic E-state index is -3.53. The average molecular weight is 611 g/mol. The van der Waals surface area contributed by atoms with E-state index in [4.69, 9.17) is 0 Å². The van der Waals surface area contributed by atoms with Gasteiger partial charge in [-0.05, 0) is 79.5 Å². The molecule has 0 saturated carbocycles. The van der Waals surface area contributed by atoms with Crippen molar-refractivity contribution in [1.29, 1.82) is 0 Å². The molecule has 34 heavy (non-hydrogen) atoms. The van der Waals surface area contributed by atoms with Crippen LogP contribution in [-0.2, 0) is 14.5 Å². The van der Waals surface area contributed by atoms with Crippen molar-refractivity contribution in [2.75, 3.05) is 31.5 Å². The smallest absolute Gasteiger partial charge is 0.240 e.